The van der Waals surface area contributed by atoms with Gasteiger partial charge in [0.2, 0.25) is 5.91 Å². The number of carbonyl (C=O) groups excluding carboxylic acids is 1. The van der Waals surface area contributed by atoms with Gasteiger partial charge >= 0.3 is 0 Å². The number of aryl methyl sites for hydroxylation is 1. The Morgan fingerprint density at radius 3 is 3.00 bits per heavy atom. The van der Waals surface area contributed by atoms with Gasteiger partial charge in [-0.1, -0.05) is 0 Å². The lowest BCUT2D eigenvalue weighted by atomic mass is 10.3. The van der Waals surface area contributed by atoms with Crippen molar-refractivity contribution in [3.05, 3.63) is 17.3 Å². The van der Waals surface area contributed by atoms with Crippen LogP contribution in [0.1, 0.15) is 12.5 Å². The second-order valence-electron chi connectivity index (χ2n) is 3.73. The van der Waals surface area contributed by atoms with Gasteiger partial charge in [-0.05, 0) is 17.9 Å². The van der Waals surface area contributed by atoms with E-state index in [1.165, 1.54) is 6.92 Å². The van der Waals surface area contributed by atoms with Crippen LogP contribution in [0.2, 0.25) is 0 Å². The van der Waals surface area contributed by atoms with Crippen molar-refractivity contribution in [1.29, 1.82) is 0 Å². The van der Waals surface area contributed by atoms with Gasteiger partial charge in [0.1, 0.15) is 12.1 Å². The molecule has 17 heavy (non-hydrogen) atoms. The number of nitrogens with zero attached hydrogens (tertiary/aromatic N) is 2. The van der Waals surface area contributed by atoms with E-state index in [0.29, 0.717) is 13.1 Å². The summed E-state index contributed by atoms with van der Waals surface area (Å²) in [6.45, 7) is 4.78. The van der Waals surface area contributed by atoms with E-state index in [9.17, 15) is 4.79 Å². The van der Waals surface area contributed by atoms with E-state index in [1.807, 2.05) is 6.92 Å². The molecule has 2 aromatic heterocycles. The molecule has 6 heteroatoms. The molecule has 0 saturated carbocycles. The van der Waals surface area contributed by atoms with Crippen LogP contribution in [0.15, 0.2) is 11.7 Å². The van der Waals surface area contributed by atoms with Crippen molar-refractivity contribution in [1.82, 2.24) is 15.3 Å². The zero-order chi connectivity index (χ0) is 12.3. The average Bonchev–Trinajstić information content (AvgIpc) is 2.67. The van der Waals surface area contributed by atoms with Gasteiger partial charge in [-0.25, -0.2) is 9.97 Å². The fraction of sp³-hybridized carbons (Fsp3) is 0.364. The van der Waals surface area contributed by atoms with E-state index in [-0.39, 0.29) is 5.91 Å². The molecule has 2 rings (SSSR count). The number of hydrogen-bond donors (Lipinski definition) is 2. The molecular weight excluding hydrogens is 236 g/mol. The SMILES string of the molecule is CC(=O)NCCNc1ncnc2c(C)csc12. The maximum Gasteiger partial charge on any atom is 0.216 e. The summed E-state index contributed by atoms with van der Waals surface area (Å²) in [6.07, 6.45) is 1.56. The summed E-state index contributed by atoms with van der Waals surface area (Å²) < 4.78 is 1.06. The first-order chi connectivity index (χ1) is 8.18. The number of hydrogen-bond acceptors (Lipinski definition) is 5. The molecular formula is C11H14N4OS. The number of carbonyl (C=O) groups is 1. The molecule has 0 bridgehead atoms. The van der Waals surface area contributed by atoms with Crippen LogP contribution in [0.4, 0.5) is 5.82 Å². The highest BCUT2D eigenvalue weighted by atomic mass is 32.1. The van der Waals surface area contributed by atoms with Crippen molar-refractivity contribution in [2.75, 3.05) is 18.4 Å². The number of rotatable bonds is 4. The summed E-state index contributed by atoms with van der Waals surface area (Å²) in [5, 5.41) is 8.00. The molecule has 2 aromatic rings. The lowest BCUT2D eigenvalue weighted by molar-refractivity contribution is -0.118. The van der Waals surface area contributed by atoms with Gasteiger partial charge in [-0.2, -0.15) is 0 Å². The minimum atomic E-state index is -0.0217. The van der Waals surface area contributed by atoms with Crippen molar-refractivity contribution in [2.24, 2.45) is 0 Å². The topological polar surface area (TPSA) is 66.9 Å². The fourth-order valence-electron chi connectivity index (χ4n) is 1.51. The van der Waals surface area contributed by atoms with Crippen LogP contribution in [0.3, 0.4) is 0 Å². The van der Waals surface area contributed by atoms with Gasteiger partial charge in [0, 0.05) is 20.0 Å². The highest BCUT2D eigenvalue weighted by molar-refractivity contribution is 7.18. The Bertz CT molecular complexity index is 537. The smallest absolute Gasteiger partial charge is 0.216 e. The van der Waals surface area contributed by atoms with Crippen LogP contribution in [0.5, 0.6) is 0 Å². The number of thiophene rings is 1. The summed E-state index contributed by atoms with van der Waals surface area (Å²) >= 11 is 1.63. The molecule has 0 aromatic carbocycles. The number of anilines is 1. The standard InChI is InChI=1S/C11H14N4OS/c1-7-5-17-10-9(7)14-6-15-11(10)13-4-3-12-8(2)16/h5-6H,3-4H2,1-2H3,(H,12,16)(H,13,14,15). The van der Waals surface area contributed by atoms with Gasteiger partial charge < -0.3 is 10.6 Å². The summed E-state index contributed by atoms with van der Waals surface area (Å²) in [4.78, 5) is 19.2. The molecule has 0 fully saturated rings. The Morgan fingerprint density at radius 2 is 2.24 bits per heavy atom. The number of nitrogens with one attached hydrogen (secondary N) is 2. The van der Waals surface area contributed by atoms with E-state index in [1.54, 1.807) is 17.7 Å². The maximum atomic E-state index is 10.7. The van der Waals surface area contributed by atoms with Crippen LogP contribution in [0, 0.1) is 6.92 Å². The molecule has 2 heterocycles. The predicted molar refractivity (Wildman–Crippen MR) is 69.3 cm³/mol. The molecule has 5 nitrogen and oxygen atoms in total. The first kappa shape index (κ1) is 11.8. The van der Waals surface area contributed by atoms with Crippen molar-refractivity contribution in [3.63, 3.8) is 0 Å². The van der Waals surface area contributed by atoms with Crippen LogP contribution < -0.4 is 10.6 Å². The summed E-state index contributed by atoms with van der Waals surface area (Å²) in [7, 11) is 0. The molecule has 1 amide bonds. The van der Waals surface area contributed by atoms with Crippen molar-refractivity contribution < 1.29 is 4.79 Å². The highest BCUT2D eigenvalue weighted by Crippen LogP contribution is 2.28. The lowest BCUT2D eigenvalue weighted by Crippen LogP contribution is -2.26. The zero-order valence-corrected chi connectivity index (χ0v) is 10.6. The van der Waals surface area contributed by atoms with Crippen LogP contribution >= 0.6 is 11.3 Å². The molecule has 0 atom stereocenters. The van der Waals surface area contributed by atoms with E-state index < -0.39 is 0 Å². The normalized spacial score (nSPS) is 10.5. The molecule has 0 aliphatic carbocycles. The highest BCUT2D eigenvalue weighted by Gasteiger charge is 2.07. The second-order valence-corrected chi connectivity index (χ2v) is 4.61. The van der Waals surface area contributed by atoms with E-state index in [0.717, 1.165) is 21.6 Å². The lowest BCUT2D eigenvalue weighted by Gasteiger charge is -2.06. The average molecular weight is 250 g/mol. The minimum Gasteiger partial charge on any atom is -0.367 e. The molecule has 0 aliphatic heterocycles. The fourth-order valence-corrected chi connectivity index (χ4v) is 2.48. The molecule has 0 unspecified atom stereocenters. The van der Waals surface area contributed by atoms with Gasteiger partial charge in [-0.3, -0.25) is 4.79 Å². The van der Waals surface area contributed by atoms with Crippen LogP contribution in [-0.4, -0.2) is 29.0 Å². The third-order valence-corrected chi connectivity index (χ3v) is 3.42. The molecule has 0 saturated heterocycles. The van der Waals surface area contributed by atoms with Gasteiger partial charge in [0.05, 0.1) is 10.2 Å². The summed E-state index contributed by atoms with van der Waals surface area (Å²) in [5.74, 6) is 0.810. The molecule has 0 aliphatic rings. The van der Waals surface area contributed by atoms with Crippen molar-refractivity contribution >= 4 is 33.3 Å². The number of amides is 1. The Labute approximate surface area is 103 Å². The summed E-state index contributed by atoms with van der Waals surface area (Å²) in [5.41, 5.74) is 2.16. The largest absolute Gasteiger partial charge is 0.367 e. The first-order valence-corrected chi connectivity index (χ1v) is 6.23. The number of aromatic nitrogens is 2. The Balaban J connectivity index is 2.06. The molecule has 90 valence electrons. The van der Waals surface area contributed by atoms with E-state index >= 15 is 0 Å². The number of fused-ring (bicyclic) bond motifs is 1. The zero-order valence-electron chi connectivity index (χ0n) is 9.78. The molecule has 2 N–H and O–H groups in total. The Hall–Kier alpha value is -1.69. The quantitative estimate of drug-likeness (QED) is 0.808. The summed E-state index contributed by atoms with van der Waals surface area (Å²) in [6, 6.07) is 0. The third-order valence-electron chi connectivity index (χ3n) is 2.32. The van der Waals surface area contributed by atoms with E-state index in [2.05, 4.69) is 26.0 Å². The van der Waals surface area contributed by atoms with Crippen LogP contribution in [0.25, 0.3) is 10.2 Å². The predicted octanol–water partition coefficient (Wildman–Crippen LogP) is 1.55. The third kappa shape index (κ3) is 2.71. The maximum absolute atomic E-state index is 10.7. The molecule has 0 radical (unpaired) electrons. The van der Waals surface area contributed by atoms with Gasteiger partial charge in [0.15, 0.2) is 0 Å². The van der Waals surface area contributed by atoms with E-state index in [4.69, 9.17) is 0 Å². The van der Waals surface area contributed by atoms with Crippen molar-refractivity contribution in [3.8, 4) is 0 Å². The monoisotopic (exact) mass is 250 g/mol. The Morgan fingerprint density at radius 1 is 1.41 bits per heavy atom. The minimum absolute atomic E-state index is 0.0217. The van der Waals surface area contributed by atoms with Crippen LogP contribution in [-0.2, 0) is 4.79 Å². The second kappa shape index (κ2) is 5.09. The van der Waals surface area contributed by atoms with Gasteiger partial charge in [-0.15, -0.1) is 11.3 Å². The van der Waals surface area contributed by atoms with Crippen molar-refractivity contribution in [2.45, 2.75) is 13.8 Å². The first-order valence-electron chi connectivity index (χ1n) is 5.35. The Kier molecular flexibility index (Phi) is 3.53. The molecule has 0 spiro atoms. The van der Waals surface area contributed by atoms with Gasteiger partial charge in [0.25, 0.3) is 0 Å².